The smallest absolute Gasteiger partial charge is 0.261 e. The van der Waals surface area contributed by atoms with Crippen LogP contribution in [0.15, 0.2) is 48.5 Å². The van der Waals surface area contributed by atoms with Gasteiger partial charge in [-0.05, 0) is 56.0 Å². The first-order valence-corrected chi connectivity index (χ1v) is 9.47. The fourth-order valence-electron chi connectivity index (χ4n) is 2.73. The molecule has 1 amide bonds. The van der Waals surface area contributed by atoms with Crippen molar-refractivity contribution in [3.8, 4) is 17.2 Å². The molecule has 0 bridgehead atoms. The molecule has 0 aromatic heterocycles. The number of hydrogen-bond acceptors (Lipinski definition) is 4. The van der Waals surface area contributed by atoms with Gasteiger partial charge in [0, 0.05) is 6.54 Å². The van der Waals surface area contributed by atoms with Crippen LogP contribution in [0.3, 0.4) is 0 Å². The normalized spacial score (nSPS) is 11.5. The molecular weight excluding hydrogens is 342 g/mol. The Hall–Kier alpha value is -2.69. The molecule has 0 saturated heterocycles. The Balaban J connectivity index is 1.77. The third-order valence-electron chi connectivity index (χ3n) is 4.18. The third kappa shape index (κ3) is 6.51. The monoisotopic (exact) mass is 371 g/mol. The Morgan fingerprint density at radius 2 is 1.74 bits per heavy atom. The van der Waals surface area contributed by atoms with Crippen LogP contribution in [0, 0.1) is 0 Å². The molecule has 5 nitrogen and oxygen atoms in total. The van der Waals surface area contributed by atoms with Crippen LogP contribution in [0.1, 0.15) is 32.3 Å². The van der Waals surface area contributed by atoms with E-state index in [1.54, 1.807) is 13.2 Å². The first-order valence-electron chi connectivity index (χ1n) is 9.47. The van der Waals surface area contributed by atoms with E-state index in [4.69, 9.17) is 14.2 Å². The van der Waals surface area contributed by atoms with Gasteiger partial charge >= 0.3 is 0 Å². The molecule has 2 rings (SSSR count). The van der Waals surface area contributed by atoms with Gasteiger partial charge in [-0.2, -0.15) is 0 Å². The highest BCUT2D eigenvalue weighted by atomic mass is 16.5. The molecule has 0 aliphatic rings. The summed E-state index contributed by atoms with van der Waals surface area (Å²) < 4.78 is 16.6. The largest absolute Gasteiger partial charge is 0.494 e. The number of benzene rings is 2. The summed E-state index contributed by atoms with van der Waals surface area (Å²) in [5.74, 6) is 1.99. The van der Waals surface area contributed by atoms with Crippen molar-refractivity contribution in [1.29, 1.82) is 0 Å². The van der Waals surface area contributed by atoms with Crippen molar-refractivity contribution in [2.24, 2.45) is 0 Å². The highest BCUT2D eigenvalue weighted by molar-refractivity contribution is 5.81. The number of ether oxygens (including phenoxy) is 3. The van der Waals surface area contributed by atoms with Crippen molar-refractivity contribution >= 4 is 5.91 Å². The molecule has 0 aliphatic heterocycles. The first-order chi connectivity index (χ1) is 13.2. The lowest BCUT2D eigenvalue weighted by Gasteiger charge is -2.18. The summed E-state index contributed by atoms with van der Waals surface area (Å²) in [6.45, 7) is 5.18. The van der Waals surface area contributed by atoms with Crippen molar-refractivity contribution in [3.63, 3.8) is 0 Å². The standard InChI is InChI=1S/C22H29NO4/c1-4-19(27-21-11-7-6-10-20(21)25-3)22(24)23-16-8-9-17-12-14-18(15-13-17)26-5-2/h6-7,10-15,19H,4-5,8-9,16H2,1-3H3,(H,23,24)/t19-/m0/s1. The number of carbonyl (C=O) groups is 1. The molecule has 0 unspecified atom stereocenters. The van der Waals surface area contributed by atoms with Gasteiger partial charge in [-0.3, -0.25) is 4.79 Å². The van der Waals surface area contributed by atoms with Crippen LogP contribution in [-0.4, -0.2) is 32.3 Å². The topological polar surface area (TPSA) is 56.8 Å². The second-order valence-electron chi connectivity index (χ2n) is 6.14. The van der Waals surface area contributed by atoms with Gasteiger partial charge in [0.2, 0.25) is 0 Å². The fourth-order valence-corrected chi connectivity index (χ4v) is 2.73. The predicted molar refractivity (Wildman–Crippen MR) is 107 cm³/mol. The van der Waals surface area contributed by atoms with Crippen LogP contribution in [0.2, 0.25) is 0 Å². The van der Waals surface area contributed by atoms with Crippen molar-refractivity contribution in [2.45, 2.75) is 39.2 Å². The zero-order valence-corrected chi connectivity index (χ0v) is 16.4. The molecule has 2 aromatic rings. The molecule has 146 valence electrons. The summed E-state index contributed by atoms with van der Waals surface area (Å²) in [6.07, 6.45) is 1.82. The van der Waals surface area contributed by atoms with Crippen molar-refractivity contribution in [1.82, 2.24) is 5.32 Å². The molecule has 1 N–H and O–H groups in total. The quantitative estimate of drug-likeness (QED) is 0.607. The number of rotatable bonds is 11. The van der Waals surface area contributed by atoms with Gasteiger partial charge in [0.1, 0.15) is 5.75 Å². The summed E-state index contributed by atoms with van der Waals surface area (Å²) in [7, 11) is 1.59. The highest BCUT2D eigenvalue weighted by Crippen LogP contribution is 2.27. The van der Waals surface area contributed by atoms with E-state index in [1.165, 1.54) is 5.56 Å². The molecule has 0 fully saturated rings. The van der Waals surface area contributed by atoms with Crippen molar-refractivity contribution in [2.75, 3.05) is 20.3 Å². The Morgan fingerprint density at radius 3 is 2.37 bits per heavy atom. The maximum absolute atomic E-state index is 12.4. The number of para-hydroxylation sites is 2. The van der Waals surface area contributed by atoms with Crippen LogP contribution in [0.4, 0.5) is 0 Å². The van der Waals surface area contributed by atoms with Crippen LogP contribution in [-0.2, 0) is 11.2 Å². The van der Waals surface area contributed by atoms with E-state index in [0.717, 1.165) is 18.6 Å². The Kier molecular flexibility index (Phi) is 8.49. The Labute approximate surface area is 161 Å². The molecule has 0 heterocycles. The maximum atomic E-state index is 12.4. The summed E-state index contributed by atoms with van der Waals surface area (Å²) in [6, 6.07) is 15.4. The van der Waals surface area contributed by atoms with Gasteiger partial charge in [-0.25, -0.2) is 0 Å². The van der Waals surface area contributed by atoms with E-state index in [1.807, 2.05) is 44.2 Å². The van der Waals surface area contributed by atoms with E-state index in [9.17, 15) is 4.79 Å². The van der Waals surface area contributed by atoms with Crippen molar-refractivity contribution in [3.05, 3.63) is 54.1 Å². The lowest BCUT2D eigenvalue weighted by atomic mass is 10.1. The van der Waals surface area contributed by atoms with E-state index in [2.05, 4.69) is 17.4 Å². The predicted octanol–water partition coefficient (Wildman–Crippen LogP) is 4.00. The molecule has 5 heteroatoms. The Bertz CT molecular complexity index is 700. The minimum absolute atomic E-state index is 0.102. The van der Waals surface area contributed by atoms with Gasteiger partial charge in [-0.1, -0.05) is 31.2 Å². The van der Waals surface area contributed by atoms with E-state index < -0.39 is 6.10 Å². The molecule has 1 atom stereocenters. The lowest BCUT2D eigenvalue weighted by Crippen LogP contribution is -2.38. The minimum Gasteiger partial charge on any atom is -0.494 e. The number of hydrogen-bond donors (Lipinski definition) is 1. The summed E-state index contributed by atoms with van der Waals surface area (Å²) in [5, 5.41) is 2.96. The average molecular weight is 371 g/mol. The molecule has 0 radical (unpaired) electrons. The van der Waals surface area contributed by atoms with Crippen LogP contribution < -0.4 is 19.5 Å². The second kappa shape index (κ2) is 11.1. The molecule has 0 saturated carbocycles. The molecule has 2 aromatic carbocycles. The van der Waals surface area contributed by atoms with E-state index in [-0.39, 0.29) is 5.91 Å². The lowest BCUT2D eigenvalue weighted by molar-refractivity contribution is -0.128. The number of aryl methyl sites for hydroxylation is 1. The zero-order valence-electron chi connectivity index (χ0n) is 16.4. The molecule has 0 aliphatic carbocycles. The second-order valence-corrected chi connectivity index (χ2v) is 6.14. The fraction of sp³-hybridized carbons (Fsp3) is 0.409. The summed E-state index contributed by atoms with van der Waals surface area (Å²) in [5.41, 5.74) is 1.23. The maximum Gasteiger partial charge on any atom is 0.261 e. The van der Waals surface area contributed by atoms with Gasteiger partial charge < -0.3 is 19.5 Å². The van der Waals surface area contributed by atoms with Crippen molar-refractivity contribution < 1.29 is 19.0 Å². The van der Waals surface area contributed by atoms with Crippen LogP contribution >= 0.6 is 0 Å². The average Bonchev–Trinajstić information content (AvgIpc) is 2.71. The highest BCUT2D eigenvalue weighted by Gasteiger charge is 2.19. The molecule has 27 heavy (non-hydrogen) atoms. The Morgan fingerprint density at radius 1 is 1.04 bits per heavy atom. The summed E-state index contributed by atoms with van der Waals surface area (Å²) in [4.78, 5) is 12.4. The molecule has 0 spiro atoms. The van der Waals surface area contributed by atoms with E-state index in [0.29, 0.717) is 31.1 Å². The van der Waals surface area contributed by atoms with E-state index >= 15 is 0 Å². The van der Waals surface area contributed by atoms with Gasteiger partial charge in [-0.15, -0.1) is 0 Å². The molecular formula is C22H29NO4. The first kappa shape index (κ1) is 20.6. The number of carbonyl (C=O) groups excluding carboxylic acids is 1. The number of methoxy groups -OCH3 is 1. The minimum atomic E-state index is -0.535. The zero-order chi connectivity index (χ0) is 19.5. The number of nitrogens with one attached hydrogen (secondary N) is 1. The SMILES string of the molecule is CCOc1ccc(CCCNC(=O)[C@H](CC)Oc2ccccc2OC)cc1. The van der Waals surface area contributed by atoms with Gasteiger partial charge in [0.05, 0.1) is 13.7 Å². The summed E-state index contributed by atoms with van der Waals surface area (Å²) >= 11 is 0. The van der Waals surface area contributed by atoms with Crippen LogP contribution in [0.25, 0.3) is 0 Å². The third-order valence-corrected chi connectivity index (χ3v) is 4.18. The van der Waals surface area contributed by atoms with Gasteiger partial charge in [0.25, 0.3) is 5.91 Å². The van der Waals surface area contributed by atoms with Gasteiger partial charge in [0.15, 0.2) is 17.6 Å². The van der Waals surface area contributed by atoms with Crippen LogP contribution in [0.5, 0.6) is 17.2 Å². The number of amides is 1.